The van der Waals surface area contributed by atoms with Gasteiger partial charge in [-0.3, -0.25) is 9.97 Å². The van der Waals surface area contributed by atoms with Crippen LogP contribution in [0, 0.1) is 6.92 Å². The highest BCUT2D eigenvalue weighted by atomic mass is 15.0. The van der Waals surface area contributed by atoms with E-state index in [1.54, 1.807) is 12.4 Å². The van der Waals surface area contributed by atoms with Crippen LogP contribution in [-0.2, 0) is 0 Å². The summed E-state index contributed by atoms with van der Waals surface area (Å²) in [5.74, 6) is 0. The fourth-order valence-corrected chi connectivity index (χ4v) is 5.98. The van der Waals surface area contributed by atoms with Crippen molar-refractivity contribution < 1.29 is 0 Å². The normalized spacial score (nSPS) is 11.8. The van der Waals surface area contributed by atoms with Crippen LogP contribution in [0.2, 0.25) is 0 Å². The zero-order valence-electron chi connectivity index (χ0n) is 20.9. The third-order valence-corrected chi connectivity index (χ3v) is 7.73. The summed E-state index contributed by atoms with van der Waals surface area (Å²) in [6.45, 7) is 2.16. The van der Waals surface area contributed by atoms with Crippen LogP contribution in [0.25, 0.3) is 71.2 Å². The van der Waals surface area contributed by atoms with Gasteiger partial charge in [-0.1, -0.05) is 78.4 Å². The number of para-hydroxylation sites is 1. The summed E-state index contributed by atoms with van der Waals surface area (Å²) < 4.78 is 2.37. The maximum atomic E-state index is 4.69. The van der Waals surface area contributed by atoms with Gasteiger partial charge in [-0.15, -0.1) is 0 Å². The van der Waals surface area contributed by atoms with Crippen LogP contribution >= 0.6 is 0 Å². The van der Waals surface area contributed by atoms with E-state index in [0.717, 1.165) is 27.5 Å². The second-order valence-corrected chi connectivity index (χ2v) is 9.98. The Morgan fingerprint density at radius 1 is 0.474 bits per heavy atom. The predicted octanol–water partition coefficient (Wildman–Crippen LogP) is 9.01. The topological polar surface area (TPSA) is 30.7 Å². The smallest absolute Gasteiger partial charge is 0.0971 e. The van der Waals surface area contributed by atoms with Crippen molar-refractivity contribution in [3.8, 4) is 16.8 Å². The Morgan fingerprint density at radius 2 is 1.11 bits per heavy atom. The predicted molar refractivity (Wildman–Crippen MR) is 159 cm³/mol. The third kappa shape index (κ3) is 3.02. The average Bonchev–Trinajstić information content (AvgIpc) is 3.31. The molecule has 2 aromatic heterocycles. The third-order valence-electron chi connectivity index (χ3n) is 7.73. The molecule has 0 aliphatic carbocycles. The molecule has 0 unspecified atom stereocenters. The van der Waals surface area contributed by atoms with Gasteiger partial charge in [-0.25, -0.2) is 0 Å². The number of aromatic nitrogens is 3. The van der Waals surface area contributed by atoms with Crippen LogP contribution < -0.4 is 0 Å². The van der Waals surface area contributed by atoms with Crippen molar-refractivity contribution in [3.63, 3.8) is 0 Å². The molecule has 3 nitrogen and oxygen atoms in total. The quantitative estimate of drug-likeness (QED) is 0.229. The molecule has 0 bridgehead atoms. The molecule has 0 saturated heterocycles. The summed E-state index contributed by atoms with van der Waals surface area (Å²) in [4.78, 5) is 9.35. The lowest BCUT2D eigenvalue weighted by Crippen LogP contribution is -1.94. The van der Waals surface area contributed by atoms with Gasteiger partial charge in [0.05, 0.1) is 22.1 Å². The molecule has 0 amide bonds. The second kappa shape index (κ2) is 7.99. The van der Waals surface area contributed by atoms with Crippen molar-refractivity contribution in [3.05, 3.63) is 127 Å². The van der Waals surface area contributed by atoms with Crippen molar-refractivity contribution >= 4 is 54.4 Å². The van der Waals surface area contributed by atoms with E-state index in [2.05, 4.69) is 126 Å². The van der Waals surface area contributed by atoms with Crippen LogP contribution in [0.1, 0.15) is 5.56 Å². The van der Waals surface area contributed by atoms with Gasteiger partial charge in [0.2, 0.25) is 0 Å². The Morgan fingerprint density at radius 3 is 1.89 bits per heavy atom. The summed E-state index contributed by atoms with van der Waals surface area (Å²) in [5, 5.41) is 7.25. The molecule has 38 heavy (non-hydrogen) atoms. The minimum Gasteiger partial charge on any atom is -0.309 e. The molecule has 0 aliphatic rings. The van der Waals surface area contributed by atoms with E-state index in [9.17, 15) is 0 Å². The lowest BCUT2D eigenvalue weighted by molar-refractivity contribution is 1.18. The molecule has 8 aromatic rings. The van der Waals surface area contributed by atoms with E-state index in [-0.39, 0.29) is 0 Å². The van der Waals surface area contributed by atoms with E-state index in [1.807, 2.05) is 0 Å². The molecule has 0 atom stereocenters. The molecule has 0 fully saturated rings. The van der Waals surface area contributed by atoms with E-state index in [0.29, 0.717) is 0 Å². The molecule has 178 valence electrons. The summed E-state index contributed by atoms with van der Waals surface area (Å²) in [7, 11) is 0. The summed E-state index contributed by atoms with van der Waals surface area (Å²) >= 11 is 0. The van der Waals surface area contributed by atoms with Crippen LogP contribution in [-0.4, -0.2) is 14.5 Å². The van der Waals surface area contributed by atoms with Crippen molar-refractivity contribution in [2.24, 2.45) is 0 Å². The van der Waals surface area contributed by atoms with E-state index >= 15 is 0 Å². The van der Waals surface area contributed by atoms with Crippen LogP contribution in [0.5, 0.6) is 0 Å². The summed E-state index contributed by atoms with van der Waals surface area (Å²) in [5.41, 5.74) is 9.18. The zero-order chi connectivity index (χ0) is 25.2. The van der Waals surface area contributed by atoms with E-state index in [4.69, 9.17) is 4.98 Å². The molecule has 0 aliphatic heterocycles. The SMILES string of the molecule is Cc1ccc2c(c1)c1ccccc1n2-c1ccc(-c2ccc3c(c2)c2ccccc2c2nccnc32)cc1. The van der Waals surface area contributed by atoms with Crippen molar-refractivity contribution in [1.82, 2.24) is 14.5 Å². The highest BCUT2D eigenvalue weighted by Crippen LogP contribution is 2.36. The lowest BCUT2D eigenvalue weighted by Gasteiger charge is -2.12. The monoisotopic (exact) mass is 485 g/mol. The Hall–Kier alpha value is -5.02. The minimum absolute atomic E-state index is 0.949. The average molecular weight is 486 g/mol. The van der Waals surface area contributed by atoms with E-state index in [1.165, 1.54) is 49.3 Å². The molecular formula is C35H23N3. The number of hydrogen-bond acceptors (Lipinski definition) is 2. The number of aryl methyl sites for hydroxylation is 1. The van der Waals surface area contributed by atoms with Crippen LogP contribution in [0.3, 0.4) is 0 Å². The maximum absolute atomic E-state index is 4.69. The first kappa shape index (κ1) is 21.1. The molecule has 0 saturated carbocycles. The highest BCUT2D eigenvalue weighted by Gasteiger charge is 2.14. The zero-order valence-corrected chi connectivity index (χ0v) is 20.9. The number of benzene rings is 6. The van der Waals surface area contributed by atoms with Gasteiger partial charge in [-0.05, 0) is 65.2 Å². The van der Waals surface area contributed by atoms with Gasteiger partial charge in [-0.2, -0.15) is 0 Å². The first-order valence-corrected chi connectivity index (χ1v) is 12.9. The Kier molecular flexibility index (Phi) is 4.44. The number of hydrogen-bond donors (Lipinski definition) is 0. The molecule has 0 radical (unpaired) electrons. The maximum Gasteiger partial charge on any atom is 0.0971 e. The van der Waals surface area contributed by atoms with Crippen molar-refractivity contribution in [2.75, 3.05) is 0 Å². The van der Waals surface area contributed by atoms with Gasteiger partial charge in [0, 0.05) is 39.6 Å². The van der Waals surface area contributed by atoms with Crippen LogP contribution in [0.4, 0.5) is 0 Å². The Bertz CT molecular complexity index is 2150. The van der Waals surface area contributed by atoms with Gasteiger partial charge < -0.3 is 4.57 Å². The summed E-state index contributed by atoms with van der Waals surface area (Å²) in [6, 6.07) is 39.5. The fourth-order valence-electron chi connectivity index (χ4n) is 5.98. The highest BCUT2D eigenvalue weighted by molar-refractivity contribution is 6.23. The molecule has 8 rings (SSSR count). The first-order valence-electron chi connectivity index (χ1n) is 12.9. The molecule has 6 aromatic carbocycles. The molecule has 0 spiro atoms. The molecule has 3 heteroatoms. The lowest BCUT2D eigenvalue weighted by atomic mass is 9.95. The van der Waals surface area contributed by atoms with Gasteiger partial charge >= 0.3 is 0 Å². The Labute approximate surface area is 219 Å². The molecular weight excluding hydrogens is 462 g/mol. The first-order chi connectivity index (χ1) is 18.8. The standard InChI is InChI=1S/C35H23N3/c1-22-10-17-33-31(20-22)27-7-4-5-9-32(27)38(33)25-14-11-23(12-15-25)24-13-16-29-30(21-24)26-6-2-3-8-28(26)34-35(29)37-19-18-36-34/h2-21H,1H3. The summed E-state index contributed by atoms with van der Waals surface area (Å²) in [6.07, 6.45) is 3.55. The number of fused-ring (bicyclic) bond motifs is 9. The second-order valence-electron chi connectivity index (χ2n) is 9.98. The number of nitrogens with zero attached hydrogens (tertiary/aromatic N) is 3. The van der Waals surface area contributed by atoms with Gasteiger partial charge in [0.25, 0.3) is 0 Å². The molecule has 0 N–H and O–H groups in total. The minimum atomic E-state index is 0.949. The van der Waals surface area contributed by atoms with Crippen molar-refractivity contribution in [2.45, 2.75) is 6.92 Å². The van der Waals surface area contributed by atoms with Crippen LogP contribution in [0.15, 0.2) is 122 Å². The van der Waals surface area contributed by atoms with Crippen molar-refractivity contribution in [1.29, 1.82) is 0 Å². The van der Waals surface area contributed by atoms with Gasteiger partial charge in [0.15, 0.2) is 0 Å². The fraction of sp³-hybridized carbons (Fsp3) is 0.0286. The van der Waals surface area contributed by atoms with Gasteiger partial charge in [0.1, 0.15) is 0 Å². The largest absolute Gasteiger partial charge is 0.309 e. The Balaban J connectivity index is 1.30. The van der Waals surface area contributed by atoms with E-state index < -0.39 is 0 Å². The number of rotatable bonds is 2. The molecule has 2 heterocycles.